The second-order valence-electron chi connectivity index (χ2n) is 5.55. The summed E-state index contributed by atoms with van der Waals surface area (Å²) < 4.78 is 7.04. The van der Waals surface area contributed by atoms with Gasteiger partial charge in [0, 0.05) is 19.7 Å². The molecule has 1 aromatic carbocycles. The second kappa shape index (κ2) is 6.12. The number of amides is 2. The molecule has 0 aliphatic carbocycles. The lowest BCUT2D eigenvalue weighted by Gasteiger charge is -2.25. The fraction of sp³-hybridized carbons (Fsp3) is 0.312. The highest BCUT2D eigenvalue weighted by atomic mass is 16.5. The fourth-order valence-corrected chi connectivity index (χ4v) is 2.80. The maximum atomic E-state index is 12.3. The second-order valence-corrected chi connectivity index (χ2v) is 5.55. The summed E-state index contributed by atoms with van der Waals surface area (Å²) in [5, 5.41) is 6.75. The number of hydrogen-bond donors (Lipinski definition) is 2. The third-order valence-electron chi connectivity index (χ3n) is 3.87. The van der Waals surface area contributed by atoms with Crippen molar-refractivity contribution in [1.29, 1.82) is 0 Å². The first-order chi connectivity index (χ1) is 11.0. The van der Waals surface area contributed by atoms with Crippen LogP contribution in [-0.4, -0.2) is 28.2 Å². The lowest BCUT2D eigenvalue weighted by Crippen LogP contribution is -2.22. The average molecular weight is 314 g/mol. The molecule has 3 rings (SSSR count). The first kappa shape index (κ1) is 15.1. The highest BCUT2D eigenvalue weighted by molar-refractivity contribution is 6.01. The maximum absolute atomic E-state index is 12.3. The largest absolute Gasteiger partial charge is 0.493 e. The Hall–Kier alpha value is -2.83. The number of ether oxygens (including phenoxy) is 1. The number of aromatic nitrogens is 2. The van der Waals surface area contributed by atoms with E-state index in [-0.39, 0.29) is 23.2 Å². The summed E-state index contributed by atoms with van der Waals surface area (Å²) in [5.74, 6) is 0.288. The number of nitrogens with one attached hydrogen (secondary N) is 1. The lowest BCUT2D eigenvalue weighted by atomic mass is 9.90. The molecule has 0 saturated carbocycles. The van der Waals surface area contributed by atoms with E-state index in [4.69, 9.17) is 10.5 Å². The van der Waals surface area contributed by atoms with Gasteiger partial charge in [-0.15, -0.1) is 0 Å². The molecule has 0 unspecified atom stereocenters. The lowest BCUT2D eigenvalue weighted by molar-refractivity contribution is -0.116. The van der Waals surface area contributed by atoms with Crippen molar-refractivity contribution in [2.24, 2.45) is 12.8 Å². The van der Waals surface area contributed by atoms with Crippen LogP contribution in [0, 0.1) is 0 Å². The van der Waals surface area contributed by atoms with Gasteiger partial charge in [-0.25, -0.2) is 0 Å². The Balaban J connectivity index is 1.73. The van der Waals surface area contributed by atoms with Crippen molar-refractivity contribution in [3.63, 3.8) is 0 Å². The van der Waals surface area contributed by atoms with Crippen LogP contribution in [0.2, 0.25) is 0 Å². The van der Waals surface area contributed by atoms with Crippen molar-refractivity contribution < 1.29 is 14.3 Å². The van der Waals surface area contributed by atoms with Crippen molar-refractivity contribution in [3.05, 3.63) is 41.6 Å². The summed E-state index contributed by atoms with van der Waals surface area (Å²) in [5.41, 5.74) is 6.53. The fourth-order valence-electron chi connectivity index (χ4n) is 2.80. The van der Waals surface area contributed by atoms with E-state index in [1.165, 1.54) is 10.9 Å². The molecule has 2 aromatic rings. The zero-order chi connectivity index (χ0) is 16.4. The van der Waals surface area contributed by atoms with E-state index in [0.717, 1.165) is 17.7 Å². The highest BCUT2D eigenvalue weighted by Gasteiger charge is 2.24. The van der Waals surface area contributed by atoms with Crippen molar-refractivity contribution in [3.8, 4) is 5.75 Å². The number of fused-ring (bicyclic) bond motifs is 1. The minimum Gasteiger partial charge on any atom is -0.493 e. The molecule has 2 heterocycles. The molecule has 0 fully saturated rings. The van der Waals surface area contributed by atoms with Crippen molar-refractivity contribution >= 4 is 17.6 Å². The van der Waals surface area contributed by atoms with E-state index >= 15 is 0 Å². The molecule has 120 valence electrons. The van der Waals surface area contributed by atoms with Crippen LogP contribution in [0.5, 0.6) is 5.75 Å². The number of anilines is 1. The summed E-state index contributed by atoms with van der Waals surface area (Å²) in [6.45, 7) is 0.588. The summed E-state index contributed by atoms with van der Waals surface area (Å²) in [6, 6.07) is 7.72. The van der Waals surface area contributed by atoms with Gasteiger partial charge in [-0.2, -0.15) is 5.10 Å². The van der Waals surface area contributed by atoms with Gasteiger partial charge in [0.15, 0.2) is 5.82 Å². The van der Waals surface area contributed by atoms with Crippen LogP contribution >= 0.6 is 0 Å². The number of benzene rings is 1. The molecule has 0 radical (unpaired) electrons. The zero-order valence-electron chi connectivity index (χ0n) is 12.8. The summed E-state index contributed by atoms with van der Waals surface area (Å²) in [7, 11) is 1.66. The van der Waals surface area contributed by atoms with Gasteiger partial charge in [-0.3, -0.25) is 14.3 Å². The van der Waals surface area contributed by atoms with Gasteiger partial charge >= 0.3 is 0 Å². The number of carbonyl (C=O) groups is 2. The summed E-state index contributed by atoms with van der Waals surface area (Å²) >= 11 is 0. The Morgan fingerprint density at radius 2 is 2.22 bits per heavy atom. The molecule has 1 aromatic heterocycles. The Bertz CT molecular complexity index is 754. The SMILES string of the molecule is Cn1cc(C(N)=O)c(NC(=O)C[C@@H]2CCOc3ccccc32)n1. The van der Waals surface area contributed by atoms with E-state index in [1.807, 2.05) is 24.3 Å². The van der Waals surface area contributed by atoms with Crippen LogP contribution in [-0.2, 0) is 11.8 Å². The Morgan fingerprint density at radius 3 is 3.00 bits per heavy atom. The van der Waals surface area contributed by atoms with Gasteiger partial charge in [0.05, 0.1) is 6.61 Å². The first-order valence-corrected chi connectivity index (χ1v) is 7.39. The highest BCUT2D eigenvalue weighted by Crippen LogP contribution is 2.35. The molecule has 0 saturated heterocycles. The number of nitrogens with two attached hydrogens (primary N) is 1. The topological polar surface area (TPSA) is 99.2 Å². The monoisotopic (exact) mass is 314 g/mol. The van der Waals surface area contributed by atoms with Crippen molar-refractivity contribution in [1.82, 2.24) is 9.78 Å². The number of carbonyl (C=O) groups excluding carboxylic acids is 2. The molecule has 0 bridgehead atoms. The standard InChI is InChI=1S/C16H18N4O3/c1-20-9-12(15(17)22)16(19-20)18-14(21)8-10-6-7-23-13-5-3-2-4-11(10)13/h2-5,9-10H,6-8H2,1H3,(H2,17,22)(H,18,19,21)/t10-/m0/s1. The predicted molar refractivity (Wildman–Crippen MR) is 84.3 cm³/mol. The third-order valence-corrected chi connectivity index (χ3v) is 3.87. The number of rotatable bonds is 4. The van der Waals surface area contributed by atoms with Crippen LogP contribution in [0.4, 0.5) is 5.82 Å². The molecular weight excluding hydrogens is 296 g/mol. The molecular formula is C16H18N4O3. The maximum Gasteiger partial charge on any atom is 0.254 e. The average Bonchev–Trinajstić information content (AvgIpc) is 2.88. The van der Waals surface area contributed by atoms with E-state index in [2.05, 4.69) is 10.4 Å². The van der Waals surface area contributed by atoms with Crippen LogP contribution in [0.15, 0.2) is 30.5 Å². The summed E-state index contributed by atoms with van der Waals surface area (Å²) in [4.78, 5) is 23.7. The first-order valence-electron chi connectivity index (χ1n) is 7.39. The van der Waals surface area contributed by atoms with Gasteiger partial charge in [0.1, 0.15) is 11.3 Å². The van der Waals surface area contributed by atoms with Crippen LogP contribution < -0.4 is 15.8 Å². The van der Waals surface area contributed by atoms with E-state index in [1.54, 1.807) is 7.05 Å². The van der Waals surface area contributed by atoms with Gasteiger partial charge in [0.2, 0.25) is 5.91 Å². The molecule has 2 amide bonds. The number of para-hydroxylation sites is 1. The van der Waals surface area contributed by atoms with Crippen molar-refractivity contribution in [2.45, 2.75) is 18.8 Å². The number of nitrogens with zero attached hydrogens (tertiary/aromatic N) is 2. The minimum atomic E-state index is -0.621. The molecule has 7 nitrogen and oxygen atoms in total. The van der Waals surface area contributed by atoms with Crippen LogP contribution in [0.25, 0.3) is 0 Å². The molecule has 7 heteroatoms. The van der Waals surface area contributed by atoms with E-state index < -0.39 is 5.91 Å². The Kier molecular flexibility index (Phi) is 4.01. The minimum absolute atomic E-state index is 0.0840. The molecule has 23 heavy (non-hydrogen) atoms. The normalized spacial score (nSPS) is 16.3. The van der Waals surface area contributed by atoms with Crippen LogP contribution in [0.3, 0.4) is 0 Å². The Labute approximate surface area is 133 Å². The third kappa shape index (κ3) is 3.18. The van der Waals surface area contributed by atoms with Gasteiger partial charge in [-0.1, -0.05) is 18.2 Å². The van der Waals surface area contributed by atoms with Gasteiger partial charge in [0.25, 0.3) is 5.91 Å². The quantitative estimate of drug-likeness (QED) is 0.891. The molecule has 0 spiro atoms. The molecule has 1 aliphatic heterocycles. The van der Waals surface area contributed by atoms with E-state index in [9.17, 15) is 9.59 Å². The zero-order valence-corrected chi connectivity index (χ0v) is 12.8. The number of hydrogen-bond acceptors (Lipinski definition) is 4. The number of primary amides is 1. The molecule has 3 N–H and O–H groups in total. The smallest absolute Gasteiger partial charge is 0.254 e. The van der Waals surface area contributed by atoms with Gasteiger partial charge < -0.3 is 15.8 Å². The number of aryl methyl sites for hydroxylation is 1. The molecule has 1 aliphatic rings. The molecule has 1 atom stereocenters. The predicted octanol–water partition coefficient (Wildman–Crippen LogP) is 1.41. The van der Waals surface area contributed by atoms with Crippen molar-refractivity contribution in [2.75, 3.05) is 11.9 Å². The van der Waals surface area contributed by atoms with Gasteiger partial charge in [-0.05, 0) is 24.0 Å². The Morgan fingerprint density at radius 1 is 1.43 bits per heavy atom. The van der Waals surface area contributed by atoms with Crippen LogP contribution in [0.1, 0.15) is 34.7 Å². The van der Waals surface area contributed by atoms with E-state index in [0.29, 0.717) is 13.0 Å². The summed E-state index contributed by atoms with van der Waals surface area (Å²) in [6.07, 6.45) is 2.56.